The first-order valence-electron chi connectivity index (χ1n) is 3.00. The van der Waals surface area contributed by atoms with Gasteiger partial charge in [-0.3, -0.25) is 14.9 Å². The van der Waals surface area contributed by atoms with Crippen molar-refractivity contribution in [2.45, 2.75) is 0 Å². The van der Waals surface area contributed by atoms with Gasteiger partial charge in [0.25, 0.3) is 0 Å². The zero-order valence-corrected chi connectivity index (χ0v) is 5.85. The Hall–Kier alpha value is -1.91. The molecule has 12 heavy (non-hydrogen) atoms. The van der Waals surface area contributed by atoms with E-state index in [1.807, 2.05) is 0 Å². The Morgan fingerprint density at radius 1 is 1.50 bits per heavy atom. The standard InChI is InChI=1S/C7H4NO4/c9-4-5-1-2-7(10)6(3-5)8(11)12/h1-3,10H. The van der Waals surface area contributed by atoms with Crippen LogP contribution in [0, 0.1) is 10.1 Å². The van der Waals surface area contributed by atoms with Crippen LogP contribution in [-0.2, 0) is 4.79 Å². The summed E-state index contributed by atoms with van der Waals surface area (Å²) in [6.45, 7) is 0. The molecule has 0 fully saturated rings. The van der Waals surface area contributed by atoms with Crippen molar-refractivity contribution in [3.63, 3.8) is 0 Å². The smallest absolute Gasteiger partial charge is 0.311 e. The minimum Gasteiger partial charge on any atom is -0.502 e. The molecule has 0 aliphatic heterocycles. The number of nitro groups is 1. The summed E-state index contributed by atoms with van der Waals surface area (Å²) in [4.78, 5) is 19.5. The van der Waals surface area contributed by atoms with Crippen molar-refractivity contribution in [2.75, 3.05) is 0 Å². The normalized spacial score (nSPS) is 9.33. The first-order valence-corrected chi connectivity index (χ1v) is 3.00. The molecule has 0 bridgehead atoms. The van der Waals surface area contributed by atoms with E-state index in [1.165, 1.54) is 12.4 Å². The summed E-state index contributed by atoms with van der Waals surface area (Å²) >= 11 is 0. The molecule has 0 amide bonds. The zero-order chi connectivity index (χ0) is 9.14. The van der Waals surface area contributed by atoms with Crippen LogP contribution in [0.15, 0.2) is 18.2 Å². The van der Waals surface area contributed by atoms with Crippen molar-refractivity contribution >= 4 is 12.0 Å². The number of rotatable bonds is 2. The third-order valence-electron chi connectivity index (χ3n) is 1.29. The highest BCUT2D eigenvalue weighted by molar-refractivity contribution is 5.77. The maximum atomic E-state index is 10.2. The lowest BCUT2D eigenvalue weighted by molar-refractivity contribution is -0.385. The lowest BCUT2D eigenvalue weighted by Gasteiger charge is -1.94. The van der Waals surface area contributed by atoms with E-state index in [4.69, 9.17) is 5.11 Å². The molecule has 0 heterocycles. The van der Waals surface area contributed by atoms with E-state index in [9.17, 15) is 14.9 Å². The van der Waals surface area contributed by atoms with E-state index in [2.05, 4.69) is 0 Å². The third kappa shape index (κ3) is 1.39. The predicted molar refractivity (Wildman–Crippen MR) is 39.6 cm³/mol. The van der Waals surface area contributed by atoms with Gasteiger partial charge >= 0.3 is 5.69 Å². The Kier molecular flexibility index (Phi) is 2.05. The molecule has 1 N–H and O–H groups in total. The van der Waals surface area contributed by atoms with E-state index in [-0.39, 0.29) is 5.56 Å². The summed E-state index contributed by atoms with van der Waals surface area (Å²) in [5.41, 5.74) is -0.449. The summed E-state index contributed by atoms with van der Waals surface area (Å²) < 4.78 is 0. The maximum absolute atomic E-state index is 10.2. The van der Waals surface area contributed by atoms with Crippen molar-refractivity contribution in [1.82, 2.24) is 0 Å². The van der Waals surface area contributed by atoms with Crippen LogP contribution in [0.2, 0.25) is 0 Å². The maximum Gasteiger partial charge on any atom is 0.311 e. The Bertz CT molecular complexity index is 334. The minimum absolute atomic E-state index is 0.0412. The van der Waals surface area contributed by atoms with E-state index >= 15 is 0 Å². The monoisotopic (exact) mass is 166 g/mol. The zero-order valence-electron chi connectivity index (χ0n) is 5.85. The van der Waals surface area contributed by atoms with Crippen LogP contribution in [0.4, 0.5) is 5.69 Å². The van der Waals surface area contributed by atoms with Crippen LogP contribution in [0.25, 0.3) is 0 Å². The predicted octanol–water partition coefficient (Wildman–Crippen LogP) is 0.758. The van der Waals surface area contributed by atoms with Crippen LogP contribution in [-0.4, -0.2) is 16.3 Å². The van der Waals surface area contributed by atoms with Gasteiger partial charge < -0.3 is 5.11 Å². The Morgan fingerprint density at radius 2 is 2.17 bits per heavy atom. The fourth-order valence-corrected chi connectivity index (χ4v) is 0.733. The van der Waals surface area contributed by atoms with Gasteiger partial charge in [-0.25, -0.2) is 0 Å². The van der Waals surface area contributed by atoms with Gasteiger partial charge in [0, 0.05) is 11.6 Å². The first-order chi connectivity index (χ1) is 5.65. The largest absolute Gasteiger partial charge is 0.502 e. The van der Waals surface area contributed by atoms with E-state index in [0.717, 1.165) is 12.1 Å². The minimum atomic E-state index is -0.768. The second-order valence-corrected chi connectivity index (χ2v) is 2.06. The molecule has 0 unspecified atom stereocenters. The summed E-state index contributed by atoms with van der Waals surface area (Å²) in [5, 5.41) is 19.1. The molecule has 5 heteroatoms. The van der Waals surface area contributed by atoms with Crippen LogP contribution in [0.3, 0.4) is 0 Å². The van der Waals surface area contributed by atoms with Gasteiger partial charge in [-0.05, 0) is 12.1 Å². The molecule has 1 rings (SSSR count). The van der Waals surface area contributed by atoms with E-state index in [1.54, 1.807) is 0 Å². The number of nitrogens with zero attached hydrogens (tertiary/aromatic N) is 1. The summed E-state index contributed by atoms with van der Waals surface area (Å²) in [6.07, 6.45) is 1.48. The highest BCUT2D eigenvalue weighted by atomic mass is 16.6. The molecule has 0 aliphatic rings. The number of hydrogen-bond donors (Lipinski definition) is 1. The quantitative estimate of drug-likeness (QED) is 0.519. The van der Waals surface area contributed by atoms with Gasteiger partial charge in [-0.2, -0.15) is 0 Å². The molecule has 1 aromatic carbocycles. The number of aromatic hydroxyl groups is 1. The van der Waals surface area contributed by atoms with Gasteiger partial charge in [0.2, 0.25) is 6.29 Å². The van der Waals surface area contributed by atoms with Gasteiger partial charge in [-0.1, -0.05) is 0 Å². The Morgan fingerprint density at radius 3 is 2.67 bits per heavy atom. The highest BCUT2D eigenvalue weighted by Crippen LogP contribution is 2.25. The average molecular weight is 166 g/mol. The van der Waals surface area contributed by atoms with E-state index < -0.39 is 16.4 Å². The molecule has 0 atom stereocenters. The fraction of sp³-hybridized carbons (Fsp3) is 0. The van der Waals surface area contributed by atoms with Gasteiger partial charge in [-0.15, -0.1) is 0 Å². The second kappa shape index (κ2) is 3.00. The van der Waals surface area contributed by atoms with E-state index in [0.29, 0.717) is 0 Å². The molecule has 0 aliphatic carbocycles. The van der Waals surface area contributed by atoms with Crippen LogP contribution in [0.5, 0.6) is 5.75 Å². The lowest BCUT2D eigenvalue weighted by atomic mass is 10.2. The topological polar surface area (TPSA) is 80.4 Å². The molecule has 0 saturated carbocycles. The Balaban J connectivity index is 3.25. The Labute approximate surface area is 67.4 Å². The summed E-state index contributed by atoms with van der Waals surface area (Å²) in [6, 6.07) is 3.29. The van der Waals surface area contributed by atoms with Crippen molar-refractivity contribution in [3.8, 4) is 5.75 Å². The molecule has 1 aromatic rings. The van der Waals surface area contributed by atoms with Crippen molar-refractivity contribution < 1.29 is 14.8 Å². The molecular weight excluding hydrogens is 162 g/mol. The summed E-state index contributed by atoms with van der Waals surface area (Å²) in [5.74, 6) is -0.459. The average Bonchev–Trinajstić information content (AvgIpc) is 2.05. The van der Waals surface area contributed by atoms with Crippen LogP contribution in [0.1, 0.15) is 5.56 Å². The second-order valence-electron chi connectivity index (χ2n) is 2.06. The number of hydrogen-bond acceptors (Lipinski definition) is 4. The lowest BCUT2D eigenvalue weighted by Crippen LogP contribution is -1.90. The van der Waals surface area contributed by atoms with Crippen molar-refractivity contribution in [1.29, 1.82) is 0 Å². The molecule has 1 radical (unpaired) electrons. The molecule has 0 spiro atoms. The number of phenolic OH excluding ortho intramolecular Hbond substituents is 1. The summed E-state index contributed by atoms with van der Waals surface area (Å²) in [7, 11) is 0. The van der Waals surface area contributed by atoms with Gasteiger partial charge in [0.1, 0.15) is 0 Å². The molecule has 0 saturated heterocycles. The molecule has 0 aromatic heterocycles. The number of carbonyl (C=O) groups excluding carboxylic acids is 1. The van der Waals surface area contributed by atoms with Crippen molar-refractivity contribution in [2.24, 2.45) is 0 Å². The molecule has 5 nitrogen and oxygen atoms in total. The number of benzene rings is 1. The fourth-order valence-electron chi connectivity index (χ4n) is 0.733. The SMILES string of the molecule is O=[C]c1ccc(O)c([N+](=O)[O-])c1. The van der Waals surface area contributed by atoms with Crippen molar-refractivity contribution in [3.05, 3.63) is 33.9 Å². The number of nitro benzene ring substituents is 1. The first kappa shape index (κ1) is 8.19. The van der Waals surface area contributed by atoms with Crippen LogP contribution >= 0.6 is 0 Å². The molecular formula is C7H4NO4. The van der Waals surface area contributed by atoms with Gasteiger partial charge in [0.15, 0.2) is 5.75 Å². The number of phenols is 1. The van der Waals surface area contributed by atoms with Crippen LogP contribution < -0.4 is 0 Å². The highest BCUT2D eigenvalue weighted by Gasteiger charge is 2.12. The van der Waals surface area contributed by atoms with Gasteiger partial charge in [0.05, 0.1) is 4.92 Å². The molecule has 61 valence electrons. The third-order valence-corrected chi connectivity index (χ3v) is 1.29.